The number of benzene rings is 2. The van der Waals surface area contributed by atoms with Gasteiger partial charge in [-0.1, -0.05) is 6.07 Å². The van der Waals surface area contributed by atoms with Crippen molar-refractivity contribution >= 4 is 5.69 Å². The first-order valence-corrected chi connectivity index (χ1v) is 5.78. The van der Waals surface area contributed by atoms with Crippen LogP contribution in [-0.2, 0) is 0 Å². The normalized spacial score (nSPS) is 10.2. The number of rotatable bonds is 3. The van der Waals surface area contributed by atoms with Crippen LogP contribution in [0.4, 0.5) is 5.69 Å². The Labute approximate surface area is 107 Å². The Morgan fingerprint density at radius 2 is 1.56 bits per heavy atom. The minimum Gasteiger partial charge on any atom is -0.497 e. The zero-order valence-electron chi connectivity index (χ0n) is 10.9. The van der Waals surface area contributed by atoms with E-state index >= 15 is 0 Å². The maximum absolute atomic E-state index is 5.92. The van der Waals surface area contributed by atoms with E-state index in [4.69, 9.17) is 15.2 Å². The van der Waals surface area contributed by atoms with Crippen LogP contribution in [0, 0.1) is 13.8 Å². The minimum atomic E-state index is 0.563. The Balaban J connectivity index is 2.28. The van der Waals surface area contributed by atoms with Gasteiger partial charge < -0.3 is 15.2 Å². The van der Waals surface area contributed by atoms with Crippen LogP contribution in [0.2, 0.25) is 0 Å². The van der Waals surface area contributed by atoms with Gasteiger partial charge in [0.1, 0.15) is 11.5 Å². The number of ether oxygens (including phenoxy) is 2. The van der Waals surface area contributed by atoms with Crippen LogP contribution in [0.25, 0.3) is 0 Å². The van der Waals surface area contributed by atoms with E-state index in [2.05, 4.69) is 6.07 Å². The second-order valence-corrected chi connectivity index (χ2v) is 4.33. The molecule has 0 aliphatic heterocycles. The van der Waals surface area contributed by atoms with Gasteiger partial charge in [0.15, 0.2) is 5.75 Å². The number of aryl methyl sites for hydroxylation is 2. The molecule has 0 aliphatic carbocycles. The van der Waals surface area contributed by atoms with Crippen molar-refractivity contribution in [3.8, 4) is 17.2 Å². The van der Waals surface area contributed by atoms with Crippen LogP contribution in [-0.4, -0.2) is 7.11 Å². The highest BCUT2D eigenvalue weighted by Gasteiger charge is 2.04. The smallest absolute Gasteiger partial charge is 0.150 e. The number of nitrogen functional groups attached to an aromatic ring is 1. The van der Waals surface area contributed by atoms with E-state index in [0.717, 1.165) is 22.6 Å². The predicted octanol–water partition coefficient (Wildman–Crippen LogP) is 3.69. The lowest BCUT2D eigenvalue weighted by Crippen LogP contribution is -1.94. The fraction of sp³-hybridized carbons (Fsp3) is 0.200. The molecule has 94 valence electrons. The molecule has 2 aromatic carbocycles. The molecular formula is C15H17NO2. The minimum absolute atomic E-state index is 0.563. The van der Waals surface area contributed by atoms with Crippen molar-refractivity contribution in [3.05, 3.63) is 47.5 Å². The lowest BCUT2D eigenvalue weighted by atomic mass is 10.1. The van der Waals surface area contributed by atoms with Crippen molar-refractivity contribution in [1.29, 1.82) is 0 Å². The third-order valence-corrected chi connectivity index (χ3v) is 2.64. The molecule has 0 atom stereocenters. The first-order valence-electron chi connectivity index (χ1n) is 5.78. The summed E-state index contributed by atoms with van der Waals surface area (Å²) in [4.78, 5) is 0. The van der Waals surface area contributed by atoms with E-state index in [-0.39, 0.29) is 0 Å². The lowest BCUT2D eigenvalue weighted by Gasteiger charge is -2.11. The van der Waals surface area contributed by atoms with E-state index < -0.39 is 0 Å². The predicted molar refractivity (Wildman–Crippen MR) is 73.4 cm³/mol. The summed E-state index contributed by atoms with van der Waals surface area (Å²) < 4.78 is 10.9. The van der Waals surface area contributed by atoms with E-state index in [9.17, 15) is 0 Å². The fourth-order valence-electron chi connectivity index (χ4n) is 1.87. The van der Waals surface area contributed by atoms with Crippen LogP contribution in [0.15, 0.2) is 36.4 Å². The third-order valence-electron chi connectivity index (χ3n) is 2.64. The zero-order chi connectivity index (χ0) is 13.1. The van der Waals surface area contributed by atoms with E-state index in [0.29, 0.717) is 11.4 Å². The summed E-state index contributed by atoms with van der Waals surface area (Å²) in [5.41, 5.74) is 8.81. The molecule has 3 nitrogen and oxygen atoms in total. The average molecular weight is 243 g/mol. The molecule has 0 fully saturated rings. The molecule has 0 aromatic heterocycles. The Hall–Kier alpha value is -2.16. The van der Waals surface area contributed by atoms with Gasteiger partial charge in [0.05, 0.1) is 12.8 Å². The van der Waals surface area contributed by atoms with E-state index in [1.54, 1.807) is 13.2 Å². The van der Waals surface area contributed by atoms with Gasteiger partial charge in [-0.25, -0.2) is 0 Å². The molecule has 0 radical (unpaired) electrons. The Bertz CT molecular complexity index is 544. The summed E-state index contributed by atoms with van der Waals surface area (Å²) in [6.45, 7) is 4.08. The second kappa shape index (κ2) is 5.00. The topological polar surface area (TPSA) is 44.5 Å². The molecule has 2 N–H and O–H groups in total. The molecule has 0 bridgehead atoms. The number of nitrogens with two attached hydrogens (primary N) is 1. The lowest BCUT2D eigenvalue weighted by molar-refractivity contribution is 0.413. The summed E-state index contributed by atoms with van der Waals surface area (Å²) >= 11 is 0. The van der Waals surface area contributed by atoms with Crippen molar-refractivity contribution in [1.82, 2.24) is 0 Å². The molecule has 0 heterocycles. The van der Waals surface area contributed by atoms with Crippen LogP contribution in [0.5, 0.6) is 17.2 Å². The van der Waals surface area contributed by atoms with Crippen molar-refractivity contribution in [2.24, 2.45) is 0 Å². The zero-order valence-corrected chi connectivity index (χ0v) is 10.9. The molecule has 2 rings (SSSR count). The second-order valence-electron chi connectivity index (χ2n) is 4.33. The Morgan fingerprint density at radius 1 is 0.889 bits per heavy atom. The maximum atomic E-state index is 5.92. The highest BCUT2D eigenvalue weighted by Crippen LogP contribution is 2.31. The summed E-state index contributed by atoms with van der Waals surface area (Å²) in [6, 6.07) is 11.5. The van der Waals surface area contributed by atoms with Crippen LogP contribution >= 0.6 is 0 Å². The van der Waals surface area contributed by atoms with Crippen molar-refractivity contribution in [3.63, 3.8) is 0 Å². The summed E-state index contributed by atoms with van der Waals surface area (Å²) in [7, 11) is 1.61. The molecule has 0 aliphatic rings. The van der Waals surface area contributed by atoms with Crippen LogP contribution in [0.1, 0.15) is 11.1 Å². The first-order chi connectivity index (χ1) is 8.58. The van der Waals surface area contributed by atoms with Gasteiger partial charge in [-0.05, 0) is 49.2 Å². The summed E-state index contributed by atoms with van der Waals surface area (Å²) in [6.07, 6.45) is 0. The first kappa shape index (κ1) is 12.3. The van der Waals surface area contributed by atoms with Gasteiger partial charge in [-0.2, -0.15) is 0 Å². The van der Waals surface area contributed by atoms with Crippen molar-refractivity contribution < 1.29 is 9.47 Å². The van der Waals surface area contributed by atoms with Gasteiger partial charge in [-0.15, -0.1) is 0 Å². The van der Waals surface area contributed by atoms with Gasteiger partial charge in [0, 0.05) is 6.07 Å². The quantitative estimate of drug-likeness (QED) is 0.836. The van der Waals surface area contributed by atoms with Crippen LogP contribution < -0.4 is 15.2 Å². The monoisotopic (exact) mass is 243 g/mol. The summed E-state index contributed by atoms with van der Waals surface area (Å²) in [5.74, 6) is 2.16. The third kappa shape index (κ3) is 2.74. The molecule has 2 aromatic rings. The largest absolute Gasteiger partial charge is 0.497 e. The SMILES string of the molecule is COc1ccc(Oc2cc(C)cc(C)c2)c(N)c1. The Morgan fingerprint density at radius 3 is 2.11 bits per heavy atom. The van der Waals surface area contributed by atoms with Crippen molar-refractivity contribution in [2.45, 2.75) is 13.8 Å². The number of hydrogen-bond acceptors (Lipinski definition) is 3. The molecule has 0 amide bonds. The number of anilines is 1. The Kier molecular flexibility index (Phi) is 3.42. The van der Waals surface area contributed by atoms with Crippen LogP contribution in [0.3, 0.4) is 0 Å². The number of methoxy groups -OCH3 is 1. The van der Waals surface area contributed by atoms with E-state index in [1.165, 1.54) is 0 Å². The molecular weight excluding hydrogens is 226 g/mol. The van der Waals surface area contributed by atoms with E-state index in [1.807, 2.05) is 38.1 Å². The van der Waals surface area contributed by atoms with Gasteiger partial charge in [0.25, 0.3) is 0 Å². The highest BCUT2D eigenvalue weighted by molar-refractivity contribution is 5.57. The molecule has 0 spiro atoms. The molecule has 3 heteroatoms. The molecule has 0 saturated heterocycles. The van der Waals surface area contributed by atoms with Crippen molar-refractivity contribution in [2.75, 3.05) is 12.8 Å². The van der Waals surface area contributed by atoms with Gasteiger partial charge >= 0.3 is 0 Å². The molecule has 0 unspecified atom stereocenters. The van der Waals surface area contributed by atoms with Gasteiger partial charge in [0.2, 0.25) is 0 Å². The highest BCUT2D eigenvalue weighted by atomic mass is 16.5. The summed E-state index contributed by atoms with van der Waals surface area (Å²) in [5, 5.41) is 0. The standard InChI is InChI=1S/C15H17NO2/c1-10-6-11(2)8-13(7-10)18-15-5-4-12(17-3)9-14(15)16/h4-9H,16H2,1-3H3. The fourth-order valence-corrected chi connectivity index (χ4v) is 1.87. The molecule has 0 saturated carbocycles. The van der Waals surface area contributed by atoms with Gasteiger partial charge in [-0.3, -0.25) is 0 Å². The number of hydrogen-bond donors (Lipinski definition) is 1. The maximum Gasteiger partial charge on any atom is 0.150 e. The average Bonchev–Trinajstić information content (AvgIpc) is 2.30. The molecule has 18 heavy (non-hydrogen) atoms.